The fourth-order valence-electron chi connectivity index (χ4n) is 1.01. The van der Waals surface area contributed by atoms with Gasteiger partial charge in [0.15, 0.2) is 0 Å². The van der Waals surface area contributed by atoms with Gasteiger partial charge in [-0.05, 0) is 30.0 Å². The molecule has 0 aromatic heterocycles. The lowest BCUT2D eigenvalue weighted by Crippen LogP contribution is -1.92. The average molecular weight is 187 g/mol. The lowest BCUT2D eigenvalue weighted by Gasteiger charge is -2.03. The van der Waals surface area contributed by atoms with Crippen LogP contribution in [0.1, 0.15) is 19.4 Å². The molecule has 0 atom stereocenters. The summed E-state index contributed by atoms with van der Waals surface area (Å²) in [5.74, 6) is 0.461. The first-order valence-corrected chi connectivity index (χ1v) is 4.89. The van der Waals surface area contributed by atoms with Gasteiger partial charge in [0.2, 0.25) is 0 Å². The minimum Gasteiger partial charge on any atom is -0.256 e. The van der Waals surface area contributed by atoms with Gasteiger partial charge in [-0.2, -0.15) is 0 Å². The van der Waals surface area contributed by atoms with Crippen molar-refractivity contribution in [2.75, 3.05) is 0 Å². The normalized spacial score (nSPS) is 11.1. The highest BCUT2D eigenvalue weighted by Gasteiger charge is 1.96. The molecule has 0 aliphatic rings. The Morgan fingerprint density at radius 1 is 1.36 bits per heavy atom. The summed E-state index contributed by atoms with van der Waals surface area (Å²) in [5.41, 5.74) is 3.28. The maximum Gasteiger partial charge on any atom is 0.0658 e. The molecule has 0 unspecified atom stereocenters. The van der Waals surface area contributed by atoms with Crippen molar-refractivity contribution in [3.05, 3.63) is 42.0 Å². The van der Waals surface area contributed by atoms with Gasteiger partial charge in [-0.3, -0.25) is 4.99 Å². The van der Waals surface area contributed by atoms with Crippen LogP contribution in [0.2, 0.25) is 0 Å². The van der Waals surface area contributed by atoms with E-state index in [1.54, 1.807) is 0 Å². The van der Waals surface area contributed by atoms with E-state index < -0.39 is 0 Å². The summed E-state index contributed by atoms with van der Waals surface area (Å²) < 4.78 is 0. The van der Waals surface area contributed by atoms with E-state index in [4.69, 9.17) is 0 Å². The Kier molecular flexibility index (Phi) is 3.63. The minimum atomic E-state index is 0.461. The molecule has 1 aromatic rings. The zero-order valence-electron chi connectivity index (χ0n) is 9.12. The molecule has 0 radical (unpaired) electrons. The van der Waals surface area contributed by atoms with Gasteiger partial charge in [-0.15, -0.1) is 0 Å². The Bertz CT molecular complexity index is 348. The summed E-state index contributed by atoms with van der Waals surface area (Å²) in [6, 6.07) is 8.09. The van der Waals surface area contributed by atoms with Crippen LogP contribution in [0.5, 0.6) is 0 Å². The van der Waals surface area contributed by atoms with Crippen molar-refractivity contribution in [3.8, 4) is 0 Å². The topological polar surface area (TPSA) is 12.4 Å². The van der Waals surface area contributed by atoms with Crippen molar-refractivity contribution in [2.45, 2.75) is 20.8 Å². The molecule has 0 heterocycles. The number of rotatable bonds is 3. The van der Waals surface area contributed by atoms with Crippen molar-refractivity contribution in [1.29, 1.82) is 0 Å². The van der Waals surface area contributed by atoms with E-state index in [1.807, 2.05) is 24.4 Å². The van der Waals surface area contributed by atoms with E-state index in [0.717, 1.165) is 11.3 Å². The molecule has 0 aliphatic carbocycles. The number of aliphatic imine (C=N–C) groups is 1. The Morgan fingerprint density at radius 2 is 2.00 bits per heavy atom. The molecule has 0 N–H and O–H groups in total. The number of allylic oxidation sites excluding steroid dienone is 1. The average Bonchev–Trinajstić information content (AvgIpc) is 2.16. The van der Waals surface area contributed by atoms with Crippen molar-refractivity contribution >= 4 is 11.9 Å². The number of aryl methyl sites for hydroxylation is 1. The van der Waals surface area contributed by atoms with Gasteiger partial charge < -0.3 is 0 Å². The maximum atomic E-state index is 4.40. The smallest absolute Gasteiger partial charge is 0.0658 e. The van der Waals surface area contributed by atoms with E-state index in [1.165, 1.54) is 5.56 Å². The van der Waals surface area contributed by atoms with E-state index in [-0.39, 0.29) is 0 Å². The second kappa shape index (κ2) is 4.75. The summed E-state index contributed by atoms with van der Waals surface area (Å²) in [6.07, 6.45) is 1.85. The van der Waals surface area contributed by atoms with Gasteiger partial charge in [0, 0.05) is 6.21 Å². The highest BCUT2D eigenvalue weighted by molar-refractivity contribution is 5.81. The van der Waals surface area contributed by atoms with Gasteiger partial charge in [-0.25, -0.2) is 0 Å². The summed E-state index contributed by atoms with van der Waals surface area (Å²) in [4.78, 5) is 4.40. The van der Waals surface area contributed by atoms with Crippen LogP contribution in [0.4, 0.5) is 5.69 Å². The van der Waals surface area contributed by atoms with Crippen LogP contribution in [0.25, 0.3) is 0 Å². The van der Waals surface area contributed by atoms with Crippen LogP contribution in [0.15, 0.2) is 41.4 Å². The predicted molar refractivity (Wildman–Crippen MR) is 63.3 cm³/mol. The van der Waals surface area contributed by atoms with E-state index in [2.05, 4.69) is 38.4 Å². The van der Waals surface area contributed by atoms with Crippen LogP contribution in [-0.4, -0.2) is 6.21 Å². The molecule has 1 rings (SSSR count). The monoisotopic (exact) mass is 187 g/mol. The zero-order valence-corrected chi connectivity index (χ0v) is 9.12. The number of benzene rings is 1. The first-order valence-electron chi connectivity index (χ1n) is 4.89. The van der Waals surface area contributed by atoms with Gasteiger partial charge in [-0.1, -0.05) is 38.6 Å². The van der Waals surface area contributed by atoms with E-state index in [9.17, 15) is 0 Å². The fraction of sp³-hybridized carbons (Fsp3) is 0.308. The summed E-state index contributed by atoms with van der Waals surface area (Å²) in [7, 11) is 0. The fourth-order valence-corrected chi connectivity index (χ4v) is 1.01. The second-order valence-corrected chi connectivity index (χ2v) is 3.77. The summed E-state index contributed by atoms with van der Waals surface area (Å²) in [6.45, 7) is 10.2. The molecular weight excluding hydrogens is 170 g/mol. The molecular formula is C13H17N. The molecule has 0 aliphatic heterocycles. The molecule has 0 bridgehead atoms. The first-order chi connectivity index (χ1) is 6.61. The van der Waals surface area contributed by atoms with Crippen molar-refractivity contribution in [2.24, 2.45) is 10.9 Å². The number of hydrogen-bond donors (Lipinski definition) is 0. The Labute approximate surface area is 86.2 Å². The lowest BCUT2D eigenvalue weighted by atomic mass is 10.1. The third kappa shape index (κ3) is 2.84. The van der Waals surface area contributed by atoms with Crippen molar-refractivity contribution in [1.82, 2.24) is 0 Å². The molecule has 0 amide bonds. The van der Waals surface area contributed by atoms with Gasteiger partial charge in [0.25, 0.3) is 0 Å². The molecule has 0 saturated carbocycles. The van der Waals surface area contributed by atoms with Gasteiger partial charge in [0.1, 0.15) is 0 Å². The van der Waals surface area contributed by atoms with Gasteiger partial charge in [0.05, 0.1) is 5.69 Å². The molecule has 74 valence electrons. The molecule has 1 aromatic carbocycles. The Hall–Kier alpha value is -1.37. The largest absolute Gasteiger partial charge is 0.256 e. The summed E-state index contributed by atoms with van der Waals surface area (Å²) >= 11 is 0. The molecule has 0 saturated heterocycles. The highest BCUT2D eigenvalue weighted by Crippen LogP contribution is 2.17. The van der Waals surface area contributed by atoms with Crippen molar-refractivity contribution < 1.29 is 0 Å². The third-order valence-electron chi connectivity index (χ3n) is 2.23. The van der Waals surface area contributed by atoms with Crippen LogP contribution in [0.3, 0.4) is 0 Å². The van der Waals surface area contributed by atoms with Gasteiger partial charge >= 0.3 is 0 Å². The van der Waals surface area contributed by atoms with E-state index >= 15 is 0 Å². The van der Waals surface area contributed by atoms with Crippen LogP contribution in [-0.2, 0) is 0 Å². The molecule has 1 nitrogen and oxygen atoms in total. The van der Waals surface area contributed by atoms with Crippen LogP contribution < -0.4 is 0 Å². The SMILES string of the molecule is C=C(/C=N\c1ccccc1C)C(C)C. The minimum absolute atomic E-state index is 0.461. The summed E-state index contributed by atoms with van der Waals surface area (Å²) in [5, 5.41) is 0. The number of hydrogen-bond acceptors (Lipinski definition) is 1. The lowest BCUT2D eigenvalue weighted by molar-refractivity contribution is 0.810. The standard InChI is InChI=1S/C13H17N/c1-10(2)12(4)9-14-13-8-6-5-7-11(13)3/h5-10H,4H2,1-3H3/b14-9-. The number of para-hydroxylation sites is 1. The molecule has 0 fully saturated rings. The maximum absolute atomic E-state index is 4.40. The number of nitrogens with zero attached hydrogens (tertiary/aromatic N) is 1. The Balaban J connectivity index is 2.79. The molecule has 0 spiro atoms. The van der Waals surface area contributed by atoms with Crippen LogP contribution in [0, 0.1) is 12.8 Å². The Morgan fingerprint density at radius 3 is 2.57 bits per heavy atom. The first kappa shape index (κ1) is 10.7. The highest BCUT2D eigenvalue weighted by atomic mass is 14.7. The molecule has 14 heavy (non-hydrogen) atoms. The quantitative estimate of drug-likeness (QED) is 0.636. The second-order valence-electron chi connectivity index (χ2n) is 3.77. The zero-order chi connectivity index (χ0) is 10.6. The van der Waals surface area contributed by atoms with Crippen molar-refractivity contribution in [3.63, 3.8) is 0 Å². The van der Waals surface area contributed by atoms with E-state index in [0.29, 0.717) is 5.92 Å². The van der Waals surface area contributed by atoms with Crippen LogP contribution >= 0.6 is 0 Å². The molecule has 1 heteroatoms. The third-order valence-corrected chi connectivity index (χ3v) is 2.23. The predicted octanol–water partition coefficient (Wildman–Crippen LogP) is 3.91.